The zero-order valence-electron chi connectivity index (χ0n) is 15.6. The van der Waals surface area contributed by atoms with E-state index in [9.17, 15) is 18.0 Å². The Morgan fingerprint density at radius 3 is 2.67 bits per heavy atom. The molecule has 1 aliphatic rings. The average Bonchev–Trinajstić information content (AvgIpc) is 3.42. The number of ether oxygens (including phenoxy) is 1. The van der Waals surface area contributed by atoms with Crippen molar-refractivity contribution in [1.82, 2.24) is 0 Å². The van der Waals surface area contributed by atoms with Gasteiger partial charge in [-0.3, -0.25) is 9.10 Å². The van der Waals surface area contributed by atoms with Crippen LogP contribution in [-0.4, -0.2) is 33.3 Å². The summed E-state index contributed by atoms with van der Waals surface area (Å²) in [7, 11) is -3.98. The van der Waals surface area contributed by atoms with Gasteiger partial charge in [-0.2, -0.15) is 0 Å². The van der Waals surface area contributed by atoms with E-state index in [1.54, 1.807) is 29.6 Å². The Labute approximate surface area is 182 Å². The first-order chi connectivity index (χ1) is 14.4. The summed E-state index contributed by atoms with van der Waals surface area (Å²) in [4.78, 5) is 24.7. The molecule has 0 atom stereocenters. The molecule has 0 unspecified atom stereocenters. The van der Waals surface area contributed by atoms with Crippen LogP contribution in [0.2, 0.25) is 5.02 Å². The first-order valence-corrected chi connectivity index (χ1v) is 11.7. The number of esters is 1. The van der Waals surface area contributed by atoms with Crippen molar-refractivity contribution in [1.29, 1.82) is 0 Å². The third kappa shape index (κ3) is 3.86. The summed E-state index contributed by atoms with van der Waals surface area (Å²) in [5, 5.41) is 1.76. The number of carbonyl (C=O) groups is 2. The topological polar surface area (TPSA) is 80.8 Å². The normalized spacial score (nSPS) is 13.2. The molecule has 2 aromatic carbocycles. The lowest BCUT2D eigenvalue weighted by Gasteiger charge is -2.20. The number of carbonyl (C=O) groups excluding carboxylic acids is 2. The first kappa shape index (κ1) is 20.6. The molecule has 0 saturated carbocycles. The van der Waals surface area contributed by atoms with Gasteiger partial charge >= 0.3 is 5.97 Å². The molecule has 30 heavy (non-hydrogen) atoms. The molecule has 154 valence electrons. The van der Waals surface area contributed by atoms with Gasteiger partial charge in [0.25, 0.3) is 10.0 Å². The number of nitrogens with zero attached hydrogens (tertiary/aromatic N) is 1. The van der Waals surface area contributed by atoms with Crippen LogP contribution in [0.15, 0.2) is 64.9 Å². The maximum atomic E-state index is 13.3. The summed E-state index contributed by atoms with van der Waals surface area (Å²) < 4.78 is 32.9. The quantitative estimate of drug-likeness (QED) is 0.406. The molecule has 0 fully saturated rings. The molecule has 0 amide bonds. The summed E-state index contributed by atoms with van der Waals surface area (Å²) in [6.45, 7) is -0.133. The molecule has 6 nitrogen and oxygen atoms in total. The number of hydrogen-bond donors (Lipinski definition) is 0. The van der Waals surface area contributed by atoms with Crippen molar-refractivity contribution in [3.63, 3.8) is 0 Å². The monoisotopic (exact) mass is 461 g/mol. The van der Waals surface area contributed by atoms with E-state index in [0.29, 0.717) is 23.5 Å². The molecule has 1 aromatic heterocycles. The smallest absolute Gasteiger partial charge is 0.338 e. The number of benzene rings is 2. The third-order valence-corrected chi connectivity index (χ3v) is 7.92. The molecule has 0 spiro atoms. The Kier molecular flexibility index (Phi) is 5.64. The minimum absolute atomic E-state index is 0.00411. The number of fused-ring (bicyclic) bond motifs is 1. The zero-order valence-corrected chi connectivity index (χ0v) is 18.0. The number of anilines is 1. The number of sulfonamides is 1. The van der Waals surface area contributed by atoms with Crippen LogP contribution in [0.5, 0.6) is 0 Å². The second kappa shape index (κ2) is 8.22. The van der Waals surface area contributed by atoms with Crippen molar-refractivity contribution >= 4 is 50.4 Å². The highest BCUT2D eigenvalue weighted by atomic mass is 35.5. The van der Waals surface area contributed by atoms with Gasteiger partial charge in [-0.25, -0.2) is 13.2 Å². The molecule has 9 heteroatoms. The van der Waals surface area contributed by atoms with Crippen LogP contribution in [0, 0.1) is 0 Å². The minimum atomic E-state index is -3.98. The molecular weight excluding hydrogens is 446 g/mol. The van der Waals surface area contributed by atoms with E-state index in [1.807, 2.05) is 12.1 Å². The number of halogens is 1. The van der Waals surface area contributed by atoms with E-state index >= 15 is 0 Å². The van der Waals surface area contributed by atoms with Gasteiger partial charge in [0, 0.05) is 6.54 Å². The maximum Gasteiger partial charge on any atom is 0.338 e. The van der Waals surface area contributed by atoms with E-state index in [4.69, 9.17) is 16.3 Å². The van der Waals surface area contributed by atoms with Gasteiger partial charge in [0.15, 0.2) is 6.61 Å². The zero-order chi connectivity index (χ0) is 21.3. The van der Waals surface area contributed by atoms with Crippen molar-refractivity contribution in [3.05, 3.63) is 81.0 Å². The van der Waals surface area contributed by atoms with Crippen LogP contribution in [0.25, 0.3) is 0 Å². The summed E-state index contributed by atoms with van der Waals surface area (Å²) in [6.07, 6.45) is 0.597. The average molecular weight is 462 g/mol. The van der Waals surface area contributed by atoms with Gasteiger partial charge in [-0.05, 0) is 47.7 Å². The Morgan fingerprint density at radius 1 is 1.10 bits per heavy atom. The SMILES string of the molecule is O=C(OCC(=O)c1cccs1)c1ccc(Cl)c(S(=O)(=O)N2CCc3ccccc32)c1. The number of hydrogen-bond acceptors (Lipinski definition) is 6. The standard InChI is InChI=1S/C21H16ClNO5S2/c22-16-8-7-15(21(25)28-13-18(24)19-6-3-11-29-19)12-20(16)30(26,27)23-10-9-14-4-1-2-5-17(14)23/h1-8,11-12H,9-10,13H2. The minimum Gasteiger partial charge on any atom is -0.454 e. The Bertz CT molecular complexity index is 1220. The van der Waals surface area contributed by atoms with Crippen molar-refractivity contribution in [2.45, 2.75) is 11.3 Å². The summed E-state index contributed by atoms with van der Waals surface area (Å²) in [6, 6.07) is 14.5. The summed E-state index contributed by atoms with van der Waals surface area (Å²) in [5.41, 5.74) is 1.53. The number of Topliss-reactive ketones (excluding diaryl/α,β-unsaturated/α-hetero) is 1. The number of rotatable bonds is 6. The fourth-order valence-electron chi connectivity index (χ4n) is 3.23. The van der Waals surface area contributed by atoms with Gasteiger partial charge < -0.3 is 4.74 Å². The highest BCUT2D eigenvalue weighted by molar-refractivity contribution is 7.93. The van der Waals surface area contributed by atoms with Crippen LogP contribution in [-0.2, 0) is 21.2 Å². The lowest BCUT2D eigenvalue weighted by Crippen LogP contribution is -2.29. The fraction of sp³-hybridized carbons (Fsp3) is 0.143. The lowest BCUT2D eigenvalue weighted by atomic mass is 10.2. The van der Waals surface area contributed by atoms with Crippen molar-refractivity contribution in [2.75, 3.05) is 17.5 Å². The maximum absolute atomic E-state index is 13.3. The van der Waals surface area contributed by atoms with Crippen molar-refractivity contribution in [2.24, 2.45) is 0 Å². The van der Waals surface area contributed by atoms with E-state index in [-0.39, 0.29) is 21.3 Å². The summed E-state index contributed by atoms with van der Waals surface area (Å²) >= 11 is 7.43. The largest absolute Gasteiger partial charge is 0.454 e. The van der Waals surface area contributed by atoms with Gasteiger partial charge in [-0.1, -0.05) is 35.9 Å². The Hall–Kier alpha value is -2.68. The molecule has 2 heterocycles. The number of ketones is 1. The van der Waals surface area contributed by atoms with Crippen LogP contribution in [0.3, 0.4) is 0 Å². The fourth-order valence-corrected chi connectivity index (χ4v) is 5.88. The number of para-hydroxylation sites is 1. The van der Waals surface area contributed by atoms with Crippen LogP contribution >= 0.6 is 22.9 Å². The van der Waals surface area contributed by atoms with E-state index in [2.05, 4.69) is 0 Å². The molecule has 0 bridgehead atoms. The lowest BCUT2D eigenvalue weighted by molar-refractivity contribution is 0.0475. The molecular formula is C21H16ClNO5S2. The van der Waals surface area contributed by atoms with Crippen LogP contribution in [0.4, 0.5) is 5.69 Å². The van der Waals surface area contributed by atoms with E-state index in [0.717, 1.165) is 5.56 Å². The van der Waals surface area contributed by atoms with Gasteiger partial charge in [0.05, 0.1) is 21.2 Å². The molecule has 4 rings (SSSR count). The highest BCUT2D eigenvalue weighted by Gasteiger charge is 2.32. The Morgan fingerprint density at radius 2 is 1.90 bits per heavy atom. The molecule has 0 aliphatic carbocycles. The van der Waals surface area contributed by atoms with E-state index in [1.165, 1.54) is 33.8 Å². The molecule has 3 aromatic rings. The predicted octanol–water partition coefficient (Wildman–Crippen LogP) is 4.19. The van der Waals surface area contributed by atoms with Crippen LogP contribution in [0.1, 0.15) is 25.6 Å². The molecule has 1 aliphatic heterocycles. The van der Waals surface area contributed by atoms with Gasteiger partial charge in [0.1, 0.15) is 4.90 Å². The molecule has 0 N–H and O–H groups in total. The Balaban J connectivity index is 1.57. The van der Waals surface area contributed by atoms with Gasteiger partial charge in [-0.15, -0.1) is 11.3 Å². The molecule has 0 radical (unpaired) electrons. The van der Waals surface area contributed by atoms with Gasteiger partial charge in [0.2, 0.25) is 5.78 Å². The second-order valence-corrected chi connectivity index (χ2v) is 9.76. The second-order valence-electron chi connectivity index (χ2n) is 6.58. The number of thiophene rings is 1. The summed E-state index contributed by atoms with van der Waals surface area (Å²) in [5.74, 6) is -1.12. The predicted molar refractivity (Wildman–Crippen MR) is 115 cm³/mol. The van der Waals surface area contributed by atoms with E-state index < -0.39 is 22.6 Å². The van der Waals surface area contributed by atoms with Crippen LogP contribution < -0.4 is 4.31 Å². The van der Waals surface area contributed by atoms with Crippen molar-refractivity contribution in [3.8, 4) is 0 Å². The molecule has 0 saturated heterocycles. The highest BCUT2D eigenvalue weighted by Crippen LogP contribution is 2.35. The third-order valence-electron chi connectivity index (χ3n) is 4.71. The first-order valence-electron chi connectivity index (χ1n) is 9.02. The van der Waals surface area contributed by atoms with Crippen molar-refractivity contribution < 1.29 is 22.7 Å².